The minimum Gasteiger partial charge on any atom is -0.350 e. The Morgan fingerprint density at radius 3 is 2.54 bits per heavy atom. The van der Waals surface area contributed by atoms with Gasteiger partial charge in [-0.1, -0.05) is 36.4 Å². The first-order valence-electron chi connectivity index (χ1n) is 9.16. The van der Waals surface area contributed by atoms with Crippen LogP contribution >= 0.6 is 0 Å². The molecule has 2 fully saturated rings. The van der Waals surface area contributed by atoms with E-state index in [0.29, 0.717) is 25.2 Å². The number of aryl methyl sites for hydroxylation is 1. The summed E-state index contributed by atoms with van der Waals surface area (Å²) in [4.78, 5) is 31.1. The molecule has 134 valence electrons. The van der Waals surface area contributed by atoms with E-state index in [-0.39, 0.29) is 23.3 Å². The van der Waals surface area contributed by atoms with E-state index >= 15 is 0 Å². The van der Waals surface area contributed by atoms with Crippen LogP contribution in [0.5, 0.6) is 0 Å². The molecule has 0 saturated carbocycles. The number of rotatable bonds is 2. The molecule has 2 aliphatic rings. The third-order valence-electron chi connectivity index (χ3n) is 5.70. The molecule has 2 saturated heterocycles. The van der Waals surface area contributed by atoms with Gasteiger partial charge >= 0.3 is 0 Å². The van der Waals surface area contributed by atoms with Gasteiger partial charge in [0.2, 0.25) is 5.91 Å². The number of carbonyl (C=O) groups is 2. The predicted molar refractivity (Wildman–Crippen MR) is 98.8 cm³/mol. The lowest BCUT2D eigenvalue weighted by molar-refractivity contribution is -0.120. The monoisotopic (exact) mass is 349 g/mol. The lowest BCUT2D eigenvalue weighted by Crippen LogP contribution is -2.54. The molecule has 1 atom stereocenters. The highest BCUT2D eigenvalue weighted by atomic mass is 16.2. The summed E-state index contributed by atoms with van der Waals surface area (Å²) in [5.41, 5.74) is 2.30. The SMILES string of the molecule is Cc1cccc(C(=O)N2CCC3(CC2)NC(=O)CC3c2ccccc2)n1. The summed E-state index contributed by atoms with van der Waals surface area (Å²) >= 11 is 0. The molecule has 2 aromatic rings. The molecule has 1 spiro atoms. The van der Waals surface area contributed by atoms with Gasteiger partial charge in [-0.2, -0.15) is 0 Å². The third kappa shape index (κ3) is 2.98. The molecule has 3 heterocycles. The largest absolute Gasteiger partial charge is 0.350 e. The van der Waals surface area contributed by atoms with Crippen molar-refractivity contribution in [1.29, 1.82) is 0 Å². The second kappa shape index (κ2) is 6.56. The zero-order valence-corrected chi connectivity index (χ0v) is 14.9. The van der Waals surface area contributed by atoms with Crippen molar-refractivity contribution >= 4 is 11.8 Å². The van der Waals surface area contributed by atoms with Crippen LogP contribution in [0.2, 0.25) is 0 Å². The maximum Gasteiger partial charge on any atom is 0.272 e. The van der Waals surface area contributed by atoms with Crippen molar-refractivity contribution < 1.29 is 9.59 Å². The van der Waals surface area contributed by atoms with Crippen LogP contribution in [-0.2, 0) is 4.79 Å². The number of carbonyl (C=O) groups excluding carboxylic acids is 2. The maximum atomic E-state index is 12.7. The Balaban J connectivity index is 1.51. The molecule has 1 N–H and O–H groups in total. The average Bonchev–Trinajstić information content (AvgIpc) is 2.98. The van der Waals surface area contributed by atoms with Crippen LogP contribution in [0.3, 0.4) is 0 Å². The van der Waals surface area contributed by atoms with Gasteiger partial charge in [0.05, 0.1) is 5.54 Å². The standard InChI is InChI=1S/C21H23N3O2/c1-15-6-5-9-18(22-15)20(26)24-12-10-21(11-13-24)17(14-19(25)23-21)16-7-3-2-4-8-16/h2-9,17H,10-14H2,1H3,(H,23,25). The fourth-order valence-electron chi connectivity index (χ4n) is 4.33. The molecule has 5 heteroatoms. The highest BCUT2D eigenvalue weighted by Crippen LogP contribution is 2.43. The van der Waals surface area contributed by atoms with E-state index in [1.54, 1.807) is 6.07 Å². The molecule has 2 amide bonds. The summed E-state index contributed by atoms with van der Waals surface area (Å²) in [6.45, 7) is 3.16. The highest BCUT2D eigenvalue weighted by Gasteiger charge is 2.49. The number of hydrogen-bond acceptors (Lipinski definition) is 3. The number of aromatic nitrogens is 1. The van der Waals surface area contributed by atoms with Gasteiger partial charge in [0.25, 0.3) is 5.91 Å². The van der Waals surface area contributed by atoms with E-state index in [0.717, 1.165) is 18.5 Å². The maximum absolute atomic E-state index is 12.7. The van der Waals surface area contributed by atoms with E-state index in [1.807, 2.05) is 42.2 Å². The normalized spacial score (nSPS) is 21.7. The third-order valence-corrected chi connectivity index (χ3v) is 5.70. The molecular formula is C21H23N3O2. The minimum atomic E-state index is -0.241. The molecule has 0 aliphatic carbocycles. The van der Waals surface area contributed by atoms with Crippen molar-refractivity contribution in [3.63, 3.8) is 0 Å². The molecule has 4 rings (SSSR count). The Bertz CT molecular complexity index is 826. The predicted octanol–water partition coefficient (Wildman–Crippen LogP) is 2.67. The second-order valence-electron chi connectivity index (χ2n) is 7.33. The smallest absolute Gasteiger partial charge is 0.272 e. The van der Waals surface area contributed by atoms with Gasteiger partial charge in [-0.15, -0.1) is 0 Å². The topological polar surface area (TPSA) is 62.3 Å². The lowest BCUT2D eigenvalue weighted by Gasteiger charge is -2.42. The molecule has 2 aliphatic heterocycles. The zero-order chi connectivity index (χ0) is 18.1. The molecule has 1 aromatic carbocycles. The summed E-state index contributed by atoms with van der Waals surface area (Å²) in [6.07, 6.45) is 2.07. The van der Waals surface area contributed by atoms with Crippen molar-refractivity contribution in [2.45, 2.75) is 37.6 Å². The summed E-state index contributed by atoms with van der Waals surface area (Å²) in [7, 11) is 0. The first-order chi connectivity index (χ1) is 12.6. The first kappa shape index (κ1) is 16.8. The number of hydrogen-bond donors (Lipinski definition) is 1. The van der Waals surface area contributed by atoms with Crippen LogP contribution in [-0.4, -0.2) is 40.3 Å². The molecule has 26 heavy (non-hydrogen) atoms. The van der Waals surface area contributed by atoms with Gasteiger partial charge < -0.3 is 10.2 Å². The summed E-state index contributed by atoms with van der Waals surface area (Å²) < 4.78 is 0. The van der Waals surface area contributed by atoms with Gasteiger partial charge in [-0.05, 0) is 37.5 Å². The van der Waals surface area contributed by atoms with E-state index in [9.17, 15) is 9.59 Å². The molecule has 0 bridgehead atoms. The number of nitrogens with one attached hydrogen (secondary N) is 1. The summed E-state index contributed by atoms with van der Waals surface area (Å²) in [5, 5.41) is 3.23. The Hall–Kier alpha value is -2.69. The van der Waals surface area contributed by atoms with Crippen molar-refractivity contribution in [2.75, 3.05) is 13.1 Å². The molecular weight excluding hydrogens is 326 g/mol. The van der Waals surface area contributed by atoms with E-state index in [2.05, 4.69) is 22.4 Å². The van der Waals surface area contributed by atoms with Gasteiger partial charge in [0.15, 0.2) is 0 Å². The summed E-state index contributed by atoms with van der Waals surface area (Å²) in [6, 6.07) is 15.8. The zero-order valence-electron chi connectivity index (χ0n) is 14.9. The Morgan fingerprint density at radius 2 is 1.85 bits per heavy atom. The van der Waals surface area contributed by atoms with Crippen molar-refractivity contribution in [1.82, 2.24) is 15.2 Å². The first-order valence-corrected chi connectivity index (χ1v) is 9.16. The van der Waals surface area contributed by atoms with E-state index < -0.39 is 0 Å². The summed E-state index contributed by atoms with van der Waals surface area (Å²) in [5.74, 6) is 0.258. The van der Waals surface area contributed by atoms with Crippen LogP contribution in [0.4, 0.5) is 0 Å². The Labute approximate surface area is 153 Å². The van der Waals surface area contributed by atoms with E-state index in [1.165, 1.54) is 5.56 Å². The fourth-order valence-corrected chi connectivity index (χ4v) is 4.33. The molecule has 0 radical (unpaired) electrons. The quantitative estimate of drug-likeness (QED) is 0.907. The van der Waals surface area contributed by atoms with E-state index in [4.69, 9.17) is 0 Å². The van der Waals surface area contributed by atoms with Gasteiger partial charge in [-0.25, -0.2) is 4.98 Å². The van der Waals surface area contributed by atoms with Crippen LogP contribution in [0.1, 0.15) is 46.9 Å². The second-order valence-corrected chi connectivity index (χ2v) is 7.33. The van der Waals surface area contributed by atoms with Crippen LogP contribution in [0.25, 0.3) is 0 Å². The number of likely N-dealkylation sites (tertiary alicyclic amines) is 1. The number of nitrogens with zero attached hydrogens (tertiary/aromatic N) is 2. The minimum absolute atomic E-state index is 0.0239. The molecule has 5 nitrogen and oxygen atoms in total. The van der Waals surface area contributed by atoms with Gasteiger partial charge in [-0.3, -0.25) is 9.59 Å². The Morgan fingerprint density at radius 1 is 1.12 bits per heavy atom. The number of benzene rings is 1. The van der Waals surface area contributed by atoms with Gasteiger partial charge in [0, 0.05) is 31.1 Å². The van der Waals surface area contributed by atoms with Crippen LogP contribution < -0.4 is 5.32 Å². The van der Waals surface area contributed by atoms with Gasteiger partial charge in [0.1, 0.15) is 5.69 Å². The number of piperidine rings is 1. The molecule has 1 aromatic heterocycles. The number of pyridine rings is 1. The van der Waals surface area contributed by atoms with Crippen LogP contribution in [0.15, 0.2) is 48.5 Å². The highest BCUT2D eigenvalue weighted by molar-refractivity contribution is 5.92. The Kier molecular flexibility index (Phi) is 4.23. The van der Waals surface area contributed by atoms with Crippen LogP contribution in [0, 0.1) is 6.92 Å². The van der Waals surface area contributed by atoms with Crippen molar-refractivity contribution in [3.05, 3.63) is 65.5 Å². The van der Waals surface area contributed by atoms with Crippen molar-refractivity contribution in [3.8, 4) is 0 Å². The molecule has 1 unspecified atom stereocenters. The average molecular weight is 349 g/mol. The fraction of sp³-hybridized carbons (Fsp3) is 0.381. The lowest BCUT2D eigenvalue weighted by atomic mass is 9.74. The number of amides is 2. The van der Waals surface area contributed by atoms with Crippen molar-refractivity contribution in [2.24, 2.45) is 0 Å².